The number of aryl methyl sites for hydroxylation is 1. The normalized spacial score (nSPS) is 11.6. The van der Waals surface area contributed by atoms with Crippen molar-refractivity contribution in [3.63, 3.8) is 0 Å². The molecule has 0 unspecified atom stereocenters. The van der Waals surface area contributed by atoms with Gasteiger partial charge < -0.3 is 15.6 Å². The second kappa shape index (κ2) is 6.72. The van der Waals surface area contributed by atoms with Gasteiger partial charge in [-0.2, -0.15) is 0 Å². The van der Waals surface area contributed by atoms with E-state index in [0.29, 0.717) is 17.8 Å². The number of carbonyl (C=O) groups is 1. The summed E-state index contributed by atoms with van der Waals surface area (Å²) in [5.41, 5.74) is 4.82. The lowest BCUT2D eigenvalue weighted by molar-refractivity contribution is 0.0930. The molecule has 5 heteroatoms. The average Bonchev–Trinajstić information content (AvgIpc) is 2.34. The number of benzene rings is 1. The van der Waals surface area contributed by atoms with Crippen molar-refractivity contribution in [3.05, 3.63) is 29.3 Å². The molecule has 0 atom stereocenters. The summed E-state index contributed by atoms with van der Waals surface area (Å²) in [6.07, 6.45) is 0. The number of rotatable bonds is 6. The van der Waals surface area contributed by atoms with Gasteiger partial charge in [0.25, 0.3) is 5.91 Å². The van der Waals surface area contributed by atoms with Crippen LogP contribution in [0.25, 0.3) is 0 Å². The van der Waals surface area contributed by atoms with Crippen LogP contribution in [0.2, 0.25) is 0 Å². The number of amides is 1. The van der Waals surface area contributed by atoms with E-state index in [1.165, 1.54) is 0 Å². The number of hydrazine groups is 1. The van der Waals surface area contributed by atoms with E-state index >= 15 is 0 Å². The highest BCUT2D eigenvalue weighted by Crippen LogP contribution is 2.18. The van der Waals surface area contributed by atoms with Gasteiger partial charge in [-0.05, 0) is 38.6 Å². The van der Waals surface area contributed by atoms with E-state index in [4.69, 9.17) is 5.84 Å². The summed E-state index contributed by atoms with van der Waals surface area (Å²) in [6.45, 7) is 7.73. The highest BCUT2D eigenvalue weighted by molar-refractivity contribution is 5.99. The summed E-state index contributed by atoms with van der Waals surface area (Å²) in [5, 5.41) is 2.99. The van der Waals surface area contributed by atoms with Gasteiger partial charge in [-0.1, -0.05) is 25.5 Å². The molecule has 0 saturated carbocycles. The van der Waals surface area contributed by atoms with Gasteiger partial charge in [0.05, 0.1) is 11.3 Å². The Kier molecular flexibility index (Phi) is 5.53. The van der Waals surface area contributed by atoms with Gasteiger partial charge in [-0.3, -0.25) is 10.6 Å². The van der Waals surface area contributed by atoms with Crippen molar-refractivity contribution in [2.24, 2.45) is 11.3 Å². The molecule has 20 heavy (non-hydrogen) atoms. The molecule has 1 aromatic carbocycles. The zero-order valence-electron chi connectivity index (χ0n) is 13.1. The maximum absolute atomic E-state index is 12.3. The fourth-order valence-corrected chi connectivity index (χ4v) is 2.30. The molecule has 0 aliphatic carbocycles. The molecule has 0 heterocycles. The zero-order valence-corrected chi connectivity index (χ0v) is 13.1. The number of hydrogen-bond donors (Lipinski definition) is 3. The summed E-state index contributed by atoms with van der Waals surface area (Å²) in [7, 11) is 4.06. The molecule has 5 nitrogen and oxygen atoms in total. The van der Waals surface area contributed by atoms with Gasteiger partial charge in [0, 0.05) is 13.1 Å². The van der Waals surface area contributed by atoms with Crippen molar-refractivity contribution in [1.29, 1.82) is 0 Å². The third kappa shape index (κ3) is 4.83. The topological polar surface area (TPSA) is 70.4 Å². The van der Waals surface area contributed by atoms with Crippen LogP contribution in [0.4, 0.5) is 5.69 Å². The number of nitrogen functional groups attached to an aromatic ring is 1. The summed E-state index contributed by atoms with van der Waals surface area (Å²) in [4.78, 5) is 14.4. The SMILES string of the molecule is Cc1ccc(NN)c(C(=O)NCC(C)(C)CN(C)C)c1. The number of hydrogen-bond acceptors (Lipinski definition) is 4. The van der Waals surface area contributed by atoms with Gasteiger partial charge in [0.1, 0.15) is 0 Å². The Morgan fingerprint density at radius 1 is 1.35 bits per heavy atom. The van der Waals surface area contributed by atoms with E-state index in [1.807, 2.05) is 39.2 Å². The fourth-order valence-electron chi connectivity index (χ4n) is 2.30. The number of nitrogens with zero attached hydrogens (tertiary/aromatic N) is 1. The molecule has 4 N–H and O–H groups in total. The first-order chi connectivity index (χ1) is 9.25. The maximum Gasteiger partial charge on any atom is 0.253 e. The molecular weight excluding hydrogens is 252 g/mol. The number of nitrogens with one attached hydrogen (secondary N) is 2. The molecule has 0 radical (unpaired) electrons. The molecule has 1 amide bonds. The summed E-state index contributed by atoms with van der Waals surface area (Å²) < 4.78 is 0. The first-order valence-electron chi connectivity index (χ1n) is 6.75. The Balaban J connectivity index is 2.74. The Morgan fingerprint density at radius 3 is 2.55 bits per heavy atom. The van der Waals surface area contributed by atoms with Crippen LogP contribution in [0.15, 0.2) is 18.2 Å². The lowest BCUT2D eigenvalue weighted by Gasteiger charge is -2.28. The lowest BCUT2D eigenvalue weighted by Crippen LogP contribution is -2.40. The second-order valence-corrected chi connectivity index (χ2v) is 6.28. The van der Waals surface area contributed by atoms with Crippen LogP contribution >= 0.6 is 0 Å². The second-order valence-electron chi connectivity index (χ2n) is 6.28. The van der Waals surface area contributed by atoms with Crippen LogP contribution in [0, 0.1) is 12.3 Å². The number of carbonyl (C=O) groups excluding carboxylic acids is 1. The van der Waals surface area contributed by atoms with Crippen LogP contribution in [0.1, 0.15) is 29.8 Å². The molecular formula is C15H26N4O. The molecule has 0 saturated heterocycles. The van der Waals surface area contributed by atoms with E-state index in [-0.39, 0.29) is 11.3 Å². The van der Waals surface area contributed by atoms with Crippen LogP contribution in [0.3, 0.4) is 0 Å². The monoisotopic (exact) mass is 278 g/mol. The Bertz CT molecular complexity index is 469. The van der Waals surface area contributed by atoms with Crippen molar-refractivity contribution in [2.45, 2.75) is 20.8 Å². The lowest BCUT2D eigenvalue weighted by atomic mass is 9.93. The number of anilines is 1. The van der Waals surface area contributed by atoms with Crippen LogP contribution in [0.5, 0.6) is 0 Å². The van der Waals surface area contributed by atoms with Crippen molar-refractivity contribution in [1.82, 2.24) is 10.2 Å². The molecule has 1 rings (SSSR count). The molecule has 0 aliphatic rings. The van der Waals surface area contributed by atoms with Crippen LogP contribution < -0.4 is 16.6 Å². The van der Waals surface area contributed by atoms with Crippen LogP contribution in [-0.4, -0.2) is 38.0 Å². The first-order valence-corrected chi connectivity index (χ1v) is 6.75. The van der Waals surface area contributed by atoms with Gasteiger partial charge in [0.15, 0.2) is 0 Å². The summed E-state index contributed by atoms with van der Waals surface area (Å²) in [6, 6.07) is 5.57. The molecule has 0 fully saturated rings. The molecule has 0 spiro atoms. The molecule has 0 aliphatic heterocycles. The Labute approximate surface area is 121 Å². The van der Waals surface area contributed by atoms with E-state index in [1.54, 1.807) is 0 Å². The van der Waals surface area contributed by atoms with E-state index < -0.39 is 0 Å². The van der Waals surface area contributed by atoms with E-state index in [9.17, 15) is 4.79 Å². The third-order valence-corrected chi connectivity index (χ3v) is 3.05. The minimum absolute atomic E-state index is 0.0132. The summed E-state index contributed by atoms with van der Waals surface area (Å²) >= 11 is 0. The van der Waals surface area contributed by atoms with Gasteiger partial charge >= 0.3 is 0 Å². The highest BCUT2D eigenvalue weighted by atomic mass is 16.1. The van der Waals surface area contributed by atoms with E-state index in [2.05, 4.69) is 29.5 Å². The highest BCUT2D eigenvalue weighted by Gasteiger charge is 2.21. The van der Waals surface area contributed by atoms with Crippen LogP contribution in [-0.2, 0) is 0 Å². The Hall–Kier alpha value is -1.59. The fraction of sp³-hybridized carbons (Fsp3) is 0.533. The molecule has 112 valence electrons. The predicted octanol–water partition coefficient (Wildman–Crippen LogP) is 1.60. The smallest absolute Gasteiger partial charge is 0.253 e. The quantitative estimate of drug-likeness (QED) is 0.546. The number of nitrogens with two attached hydrogens (primary N) is 1. The Morgan fingerprint density at radius 2 is 2.00 bits per heavy atom. The molecule has 1 aromatic rings. The van der Waals surface area contributed by atoms with Crippen molar-refractivity contribution >= 4 is 11.6 Å². The van der Waals surface area contributed by atoms with Crippen molar-refractivity contribution in [3.8, 4) is 0 Å². The van der Waals surface area contributed by atoms with Crippen molar-refractivity contribution < 1.29 is 4.79 Å². The summed E-state index contributed by atoms with van der Waals surface area (Å²) in [5.74, 6) is 5.35. The average molecular weight is 278 g/mol. The van der Waals surface area contributed by atoms with Gasteiger partial charge in [-0.15, -0.1) is 0 Å². The zero-order chi connectivity index (χ0) is 15.3. The van der Waals surface area contributed by atoms with Gasteiger partial charge in [-0.25, -0.2) is 0 Å². The largest absolute Gasteiger partial charge is 0.351 e. The molecule has 0 bridgehead atoms. The van der Waals surface area contributed by atoms with E-state index in [0.717, 1.165) is 12.1 Å². The van der Waals surface area contributed by atoms with Crippen molar-refractivity contribution in [2.75, 3.05) is 32.6 Å². The minimum atomic E-state index is -0.103. The maximum atomic E-state index is 12.3. The minimum Gasteiger partial charge on any atom is -0.351 e. The third-order valence-electron chi connectivity index (χ3n) is 3.05. The van der Waals surface area contributed by atoms with Gasteiger partial charge in [0.2, 0.25) is 0 Å². The standard InChI is InChI=1S/C15H26N4O/c1-11-6-7-13(18-16)12(8-11)14(20)17-9-15(2,3)10-19(4)5/h6-8,18H,9-10,16H2,1-5H3,(H,17,20). The molecule has 0 aromatic heterocycles. The first kappa shape index (κ1) is 16.5. The predicted molar refractivity (Wildman–Crippen MR) is 83.7 cm³/mol.